The number of aromatic nitrogens is 2. The lowest BCUT2D eigenvalue weighted by Crippen LogP contribution is -2.03. The van der Waals surface area contributed by atoms with E-state index < -0.39 is 12.6 Å². The van der Waals surface area contributed by atoms with E-state index in [-0.39, 0.29) is 5.75 Å². The molecule has 1 heterocycles. The minimum atomic E-state index is -2.84. The fourth-order valence-electron chi connectivity index (χ4n) is 2.37. The molecule has 0 saturated heterocycles. The van der Waals surface area contributed by atoms with Crippen molar-refractivity contribution in [2.45, 2.75) is 13.2 Å². The number of rotatable bonds is 5. The molecule has 0 radical (unpaired) electrons. The van der Waals surface area contributed by atoms with Crippen LogP contribution in [0.25, 0.3) is 10.9 Å². The molecule has 0 spiro atoms. The fraction of sp³-hybridized carbons (Fsp3) is 0.176. The van der Waals surface area contributed by atoms with Gasteiger partial charge in [-0.15, -0.1) is 0 Å². The molecule has 3 aromatic rings. The van der Waals surface area contributed by atoms with Gasteiger partial charge in [-0.05, 0) is 35.9 Å². The Balaban J connectivity index is 1.78. The summed E-state index contributed by atoms with van der Waals surface area (Å²) in [5.41, 5.74) is 2.09. The van der Waals surface area contributed by atoms with Gasteiger partial charge < -0.3 is 9.47 Å². The van der Waals surface area contributed by atoms with Gasteiger partial charge in [-0.3, -0.25) is 4.68 Å². The molecule has 5 nitrogen and oxygen atoms in total. The Morgan fingerprint density at radius 2 is 1.96 bits per heavy atom. The van der Waals surface area contributed by atoms with Gasteiger partial charge in [-0.2, -0.15) is 13.9 Å². The Morgan fingerprint density at radius 1 is 1.21 bits per heavy atom. The van der Waals surface area contributed by atoms with Crippen LogP contribution in [0.2, 0.25) is 0 Å². The smallest absolute Gasteiger partial charge is 0.387 e. The van der Waals surface area contributed by atoms with Crippen LogP contribution in [0.5, 0.6) is 5.75 Å². The third-order valence-corrected chi connectivity index (χ3v) is 3.47. The first kappa shape index (κ1) is 15.9. The van der Waals surface area contributed by atoms with Crippen molar-refractivity contribution < 1.29 is 23.0 Å². The van der Waals surface area contributed by atoms with E-state index in [1.807, 2.05) is 6.20 Å². The van der Waals surface area contributed by atoms with Crippen molar-refractivity contribution in [3.63, 3.8) is 0 Å². The summed E-state index contributed by atoms with van der Waals surface area (Å²) >= 11 is 0. The lowest BCUT2D eigenvalue weighted by Gasteiger charge is -2.06. The predicted molar refractivity (Wildman–Crippen MR) is 83.2 cm³/mol. The molecule has 0 atom stereocenters. The Hall–Kier alpha value is -2.96. The topological polar surface area (TPSA) is 53.3 Å². The van der Waals surface area contributed by atoms with E-state index in [9.17, 15) is 13.6 Å². The molecular weight excluding hydrogens is 318 g/mol. The summed E-state index contributed by atoms with van der Waals surface area (Å²) in [6, 6.07) is 11.5. The highest BCUT2D eigenvalue weighted by atomic mass is 19.3. The Morgan fingerprint density at radius 3 is 2.62 bits per heavy atom. The second-order valence-electron chi connectivity index (χ2n) is 5.11. The number of hydrogen-bond acceptors (Lipinski definition) is 4. The standard InChI is InChI=1S/C17H14F2N2O3/c1-23-16(22)12-4-7-15-13(8-12)10-21(20-15)9-11-2-5-14(6-3-11)24-17(18)19/h2-8,10,17H,9H2,1H3. The van der Waals surface area contributed by atoms with Gasteiger partial charge in [0.25, 0.3) is 0 Å². The predicted octanol–water partition coefficient (Wildman–Crippen LogP) is 3.47. The Bertz CT molecular complexity index is 860. The van der Waals surface area contributed by atoms with E-state index in [1.165, 1.54) is 19.2 Å². The second-order valence-corrected chi connectivity index (χ2v) is 5.11. The number of alkyl halides is 2. The van der Waals surface area contributed by atoms with Gasteiger partial charge in [0.1, 0.15) is 5.75 Å². The van der Waals surface area contributed by atoms with Crippen LogP contribution in [0.15, 0.2) is 48.7 Å². The molecule has 0 amide bonds. The van der Waals surface area contributed by atoms with Crippen molar-refractivity contribution in [3.8, 4) is 5.75 Å². The molecule has 124 valence electrons. The summed E-state index contributed by atoms with van der Waals surface area (Å²) in [7, 11) is 1.33. The normalized spacial score (nSPS) is 11.0. The maximum atomic E-state index is 12.1. The number of benzene rings is 2. The van der Waals surface area contributed by atoms with Crippen LogP contribution >= 0.6 is 0 Å². The molecular formula is C17H14F2N2O3. The van der Waals surface area contributed by atoms with Crippen LogP contribution in [0.1, 0.15) is 15.9 Å². The number of fused-ring (bicyclic) bond motifs is 1. The number of carbonyl (C=O) groups is 1. The van der Waals surface area contributed by atoms with Crippen molar-refractivity contribution in [1.29, 1.82) is 0 Å². The molecule has 7 heteroatoms. The number of halogens is 2. The van der Waals surface area contributed by atoms with Crippen LogP contribution in [-0.4, -0.2) is 29.5 Å². The number of carbonyl (C=O) groups excluding carboxylic acids is 1. The number of hydrogen-bond donors (Lipinski definition) is 0. The maximum absolute atomic E-state index is 12.1. The summed E-state index contributed by atoms with van der Waals surface area (Å²) in [4.78, 5) is 11.5. The van der Waals surface area contributed by atoms with Gasteiger partial charge in [0.05, 0.1) is 24.7 Å². The van der Waals surface area contributed by atoms with Crippen molar-refractivity contribution >= 4 is 16.9 Å². The molecule has 0 aliphatic rings. The molecule has 0 fully saturated rings. The van der Waals surface area contributed by atoms with Crippen LogP contribution < -0.4 is 4.74 Å². The molecule has 0 N–H and O–H groups in total. The van der Waals surface area contributed by atoms with Crippen molar-refractivity contribution in [2.24, 2.45) is 0 Å². The molecule has 2 aromatic carbocycles. The number of ether oxygens (including phenoxy) is 2. The SMILES string of the molecule is COC(=O)c1ccc2nn(Cc3ccc(OC(F)F)cc3)cc2c1. The number of esters is 1. The summed E-state index contributed by atoms with van der Waals surface area (Å²) in [5.74, 6) is -0.290. The van der Waals surface area contributed by atoms with Crippen molar-refractivity contribution in [1.82, 2.24) is 9.78 Å². The van der Waals surface area contributed by atoms with Gasteiger partial charge in [-0.1, -0.05) is 12.1 Å². The third-order valence-electron chi connectivity index (χ3n) is 3.47. The molecule has 1 aromatic heterocycles. The van der Waals surface area contributed by atoms with E-state index in [1.54, 1.807) is 35.0 Å². The zero-order valence-electron chi connectivity index (χ0n) is 12.8. The second kappa shape index (κ2) is 6.66. The molecule has 0 aliphatic carbocycles. The Labute approximate surface area is 136 Å². The van der Waals surface area contributed by atoms with Crippen LogP contribution in [0.4, 0.5) is 8.78 Å². The first-order chi connectivity index (χ1) is 11.5. The highest BCUT2D eigenvalue weighted by molar-refractivity contribution is 5.94. The molecule has 24 heavy (non-hydrogen) atoms. The highest BCUT2D eigenvalue weighted by Gasteiger charge is 2.09. The van der Waals surface area contributed by atoms with E-state index in [4.69, 9.17) is 4.74 Å². The zero-order chi connectivity index (χ0) is 17.1. The van der Waals surface area contributed by atoms with Crippen molar-refractivity contribution in [2.75, 3.05) is 7.11 Å². The van der Waals surface area contributed by atoms with E-state index >= 15 is 0 Å². The van der Waals surface area contributed by atoms with E-state index in [0.717, 1.165) is 16.5 Å². The van der Waals surface area contributed by atoms with Gasteiger partial charge in [0.2, 0.25) is 0 Å². The van der Waals surface area contributed by atoms with Gasteiger partial charge in [0, 0.05) is 11.6 Å². The molecule has 0 bridgehead atoms. The van der Waals surface area contributed by atoms with E-state index in [0.29, 0.717) is 12.1 Å². The van der Waals surface area contributed by atoms with Gasteiger partial charge in [0.15, 0.2) is 0 Å². The quantitative estimate of drug-likeness (QED) is 0.671. The first-order valence-corrected chi connectivity index (χ1v) is 7.14. The monoisotopic (exact) mass is 332 g/mol. The fourth-order valence-corrected chi connectivity index (χ4v) is 2.37. The lowest BCUT2D eigenvalue weighted by molar-refractivity contribution is -0.0498. The molecule has 0 aliphatic heterocycles. The molecule has 3 rings (SSSR count). The summed E-state index contributed by atoms with van der Waals surface area (Å²) in [5, 5.41) is 5.23. The van der Waals surface area contributed by atoms with Crippen LogP contribution in [0.3, 0.4) is 0 Å². The van der Waals surface area contributed by atoms with Gasteiger partial charge >= 0.3 is 12.6 Å². The van der Waals surface area contributed by atoms with E-state index in [2.05, 4.69) is 9.84 Å². The number of methoxy groups -OCH3 is 1. The highest BCUT2D eigenvalue weighted by Crippen LogP contribution is 2.18. The van der Waals surface area contributed by atoms with Gasteiger partial charge in [-0.25, -0.2) is 4.79 Å². The minimum Gasteiger partial charge on any atom is -0.465 e. The third kappa shape index (κ3) is 3.51. The van der Waals surface area contributed by atoms with Crippen molar-refractivity contribution in [3.05, 3.63) is 59.8 Å². The summed E-state index contributed by atoms with van der Waals surface area (Å²) in [6.45, 7) is -2.37. The summed E-state index contributed by atoms with van der Waals surface area (Å²) in [6.07, 6.45) is 1.81. The Kier molecular flexibility index (Phi) is 4.41. The average Bonchev–Trinajstić information content (AvgIpc) is 2.96. The molecule has 0 unspecified atom stereocenters. The van der Waals surface area contributed by atoms with Crippen LogP contribution in [0, 0.1) is 0 Å². The lowest BCUT2D eigenvalue weighted by atomic mass is 10.1. The maximum Gasteiger partial charge on any atom is 0.387 e. The largest absolute Gasteiger partial charge is 0.465 e. The van der Waals surface area contributed by atoms with Crippen LogP contribution in [-0.2, 0) is 11.3 Å². The first-order valence-electron chi connectivity index (χ1n) is 7.14. The minimum absolute atomic E-state index is 0.113. The summed E-state index contributed by atoms with van der Waals surface area (Å²) < 4.78 is 35.0. The molecule has 0 saturated carbocycles. The zero-order valence-corrected chi connectivity index (χ0v) is 12.8. The number of nitrogens with zero attached hydrogens (tertiary/aromatic N) is 2. The average molecular weight is 332 g/mol.